The van der Waals surface area contributed by atoms with Crippen LogP contribution in [0.2, 0.25) is 0 Å². The van der Waals surface area contributed by atoms with Crippen LogP contribution in [0.5, 0.6) is 0 Å². The molecule has 0 aromatic carbocycles. The lowest BCUT2D eigenvalue weighted by Gasteiger charge is -2.38. The Labute approximate surface area is 120 Å². The standard InChI is InChI=1S/C15H24N2O3/c1-15(2,3)12(13(18)19)17-9-5-4-8-16(14(17)20)10-11-6-7-11/h4-5,11-12H,6-10H2,1-3H3,(H,18,19). The molecule has 2 aliphatic rings. The second kappa shape index (κ2) is 5.46. The fourth-order valence-electron chi connectivity index (χ4n) is 2.68. The maximum Gasteiger partial charge on any atom is 0.327 e. The molecule has 0 aromatic heterocycles. The minimum Gasteiger partial charge on any atom is -0.480 e. The Morgan fingerprint density at radius 2 is 1.95 bits per heavy atom. The van der Waals surface area contributed by atoms with Gasteiger partial charge >= 0.3 is 12.0 Å². The van der Waals surface area contributed by atoms with E-state index in [-0.39, 0.29) is 6.03 Å². The van der Waals surface area contributed by atoms with Crippen molar-refractivity contribution < 1.29 is 14.7 Å². The number of carbonyl (C=O) groups is 2. The lowest BCUT2D eigenvalue weighted by Crippen LogP contribution is -2.55. The zero-order valence-corrected chi connectivity index (χ0v) is 12.5. The predicted octanol–water partition coefficient (Wildman–Crippen LogP) is 2.19. The minimum absolute atomic E-state index is 0.149. The Kier molecular flexibility index (Phi) is 4.06. The van der Waals surface area contributed by atoms with Gasteiger partial charge in [0.15, 0.2) is 0 Å². The molecule has 1 heterocycles. The highest BCUT2D eigenvalue weighted by atomic mass is 16.4. The van der Waals surface area contributed by atoms with E-state index in [0.717, 1.165) is 6.54 Å². The zero-order chi connectivity index (χ0) is 14.9. The summed E-state index contributed by atoms with van der Waals surface area (Å²) < 4.78 is 0. The van der Waals surface area contributed by atoms with E-state index < -0.39 is 17.4 Å². The molecule has 1 N–H and O–H groups in total. The molecule has 2 rings (SSSR count). The molecule has 1 aliphatic carbocycles. The number of rotatable bonds is 4. The van der Waals surface area contributed by atoms with Crippen molar-refractivity contribution in [3.63, 3.8) is 0 Å². The largest absolute Gasteiger partial charge is 0.480 e. The topological polar surface area (TPSA) is 60.9 Å². The molecule has 1 saturated carbocycles. The van der Waals surface area contributed by atoms with Crippen LogP contribution in [-0.2, 0) is 4.79 Å². The number of aliphatic carboxylic acids is 1. The molecule has 5 heteroatoms. The van der Waals surface area contributed by atoms with Gasteiger partial charge < -0.3 is 14.9 Å². The van der Waals surface area contributed by atoms with Crippen molar-refractivity contribution in [3.05, 3.63) is 12.2 Å². The molecule has 1 atom stereocenters. The van der Waals surface area contributed by atoms with Gasteiger partial charge in [-0.15, -0.1) is 0 Å². The first-order valence-corrected chi connectivity index (χ1v) is 7.24. The van der Waals surface area contributed by atoms with Gasteiger partial charge in [-0.05, 0) is 24.2 Å². The van der Waals surface area contributed by atoms with Crippen molar-refractivity contribution in [2.75, 3.05) is 19.6 Å². The van der Waals surface area contributed by atoms with E-state index in [1.807, 2.05) is 32.9 Å². The average Bonchev–Trinajstić information content (AvgIpc) is 3.11. The Hall–Kier alpha value is -1.52. The van der Waals surface area contributed by atoms with E-state index in [1.54, 1.807) is 4.90 Å². The first-order valence-electron chi connectivity index (χ1n) is 7.24. The van der Waals surface area contributed by atoms with Crippen molar-refractivity contribution in [2.24, 2.45) is 11.3 Å². The van der Waals surface area contributed by atoms with Crippen LogP contribution >= 0.6 is 0 Å². The Morgan fingerprint density at radius 1 is 1.35 bits per heavy atom. The second-order valence-corrected chi connectivity index (χ2v) is 6.86. The highest BCUT2D eigenvalue weighted by molar-refractivity contribution is 5.84. The molecule has 0 spiro atoms. The molecule has 112 valence electrons. The van der Waals surface area contributed by atoms with Gasteiger partial charge in [0.2, 0.25) is 0 Å². The first-order chi connectivity index (χ1) is 9.30. The van der Waals surface area contributed by atoms with Crippen LogP contribution in [0.1, 0.15) is 33.6 Å². The van der Waals surface area contributed by atoms with Crippen LogP contribution in [0, 0.1) is 11.3 Å². The smallest absolute Gasteiger partial charge is 0.327 e. The summed E-state index contributed by atoms with van der Waals surface area (Å²) >= 11 is 0. The van der Waals surface area contributed by atoms with Crippen molar-refractivity contribution >= 4 is 12.0 Å². The van der Waals surface area contributed by atoms with Gasteiger partial charge in [-0.1, -0.05) is 32.9 Å². The van der Waals surface area contributed by atoms with E-state index >= 15 is 0 Å². The Bertz CT molecular complexity index is 421. The van der Waals surface area contributed by atoms with Crippen LogP contribution in [0.25, 0.3) is 0 Å². The van der Waals surface area contributed by atoms with E-state index in [0.29, 0.717) is 19.0 Å². The van der Waals surface area contributed by atoms with Gasteiger partial charge in [-0.25, -0.2) is 9.59 Å². The van der Waals surface area contributed by atoms with Gasteiger partial charge in [0.05, 0.1) is 0 Å². The normalized spacial score (nSPS) is 21.9. The van der Waals surface area contributed by atoms with E-state index in [2.05, 4.69) is 0 Å². The molecule has 0 aromatic rings. The van der Waals surface area contributed by atoms with Crippen molar-refractivity contribution in [3.8, 4) is 0 Å². The minimum atomic E-state index is -0.937. The predicted molar refractivity (Wildman–Crippen MR) is 76.4 cm³/mol. The molecule has 5 nitrogen and oxygen atoms in total. The van der Waals surface area contributed by atoms with Gasteiger partial charge in [0, 0.05) is 19.6 Å². The third kappa shape index (κ3) is 3.32. The van der Waals surface area contributed by atoms with E-state index in [1.165, 1.54) is 17.7 Å². The molecule has 0 bridgehead atoms. The highest BCUT2D eigenvalue weighted by Crippen LogP contribution is 2.31. The van der Waals surface area contributed by atoms with Crippen molar-refractivity contribution in [2.45, 2.75) is 39.7 Å². The highest BCUT2D eigenvalue weighted by Gasteiger charge is 2.41. The molecule has 0 saturated heterocycles. The maximum absolute atomic E-state index is 12.6. The summed E-state index contributed by atoms with van der Waals surface area (Å²) in [5, 5.41) is 9.51. The Morgan fingerprint density at radius 3 is 2.45 bits per heavy atom. The molecular formula is C15H24N2O3. The van der Waals surface area contributed by atoms with Gasteiger partial charge in [0.25, 0.3) is 0 Å². The van der Waals surface area contributed by atoms with Crippen molar-refractivity contribution in [1.82, 2.24) is 9.80 Å². The fourth-order valence-corrected chi connectivity index (χ4v) is 2.68. The van der Waals surface area contributed by atoms with Gasteiger partial charge in [-0.3, -0.25) is 0 Å². The molecule has 2 amide bonds. The summed E-state index contributed by atoms with van der Waals surface area (Å²) in [5.74, 6) is -0.335. The number of carboxylic acids is 1. The van der Waals surface area contributed by atoms with Crippen LogP contribution in [0.15, 0.2) is 12.2 Å². The molecular weight excluding hydrogens is 256 g/mol. The summed E-state index contributed by atoms with van der Waals surface area (Å²) in [4.78, 5) is 27.5. The number of amides is 2. The summed E-state index contributed by atoms with van der Waals surface area (Å²) in [7, 11) is 0. The maximum atomic E-state index is 12.6. The molecule has 0 radical (unpaired) electrons. The lowest BCUT2D eigenvalue weighted by atomic mass is 9.85. The van der Waals surface area contributed by atoms with Crippen LogP contribution in [-0.4, -0.2) is 52.6 Å². The van der Waals surface area contributed by atoms with E-state index in [4.69, 9.17) is 0 Å². The third-order valence-corrected chi connectivity index (χ3v) is 3.85. The monoisotopic (exact) mass is 280 g/mol. The zero-order valence-electron chi connectivity index (χ0n) is 12.5. The number of hydrogen-bond donors (Lipinski definition) is 1. The summed E-state index contributed by atoms with van der Waals surface area (Å²) in [6.45, 7) is 7.28. The summed E-state index contributed by atoms with van der Waals surface area (Å²) in [6, 6.07) is -0.955. The van der Waals surface area contributed by atoms with Crippen LogP contribution < -0.4 is 0 Å². The Balaban J connectivity index is 2.20. The van der Waals surface area contributed by atoms with Crippen molar-refractivity contribution in [1.29, 1.82) is 0 Å². The van der Waals surface area contributed by atoms with Gasteiger partial charge in [0.1, 0.15) is 6.04 Å². The van der Waals surface area contributed by atoms with Crippen LogP contribution in [0.4, 0.5) is 4.79 Å². The number of carbonyl (C=O) groups excluding carboxylic acids is 1. The number of carboxylic acid groups (broad SMARTS) is 1. The second-order valence-electron chi connectivity index (χ2n) is 6.86. The lowest BCUT2D eigenvalue weighted by molar-refractivity contribution is -0.146. The number of nitrogens with zero attached hydrogens (tertiary/aromatic N) is 2. The molecule has 1 fully saturated rings. The first kappa shape index (κ1) is 14.9. The SMILES string of the molecule is CC(C)(C)C(C(=O)O)N1CC=CCN(CC2CC2)C1=O. The van der Waals surface area contributed by atoms with Gasteiger partial charge in [-0.2, -0.15) is 0 Å². The number of hydrogen-bond acceptors (Lipinski definition) is 2. The summed E-state index contributed by atoms with van der Waals surface area (Å²) in [6.07, 6.45) is 6.21. The van der Waals surface area contributed by atoms with Crippen LogP contribution in [0.3, 0.4) is 0 Å². The molecule has 1 unspecified atom stereocenters. The fraction of sp³-hybridized carbons (Fsp3) is 0.733. The summed E-state index contributed by atoms with van der Waals surface area (Å²) in [5.41, 5.74) is -0.495. The quantitative estimate of drug-likeness (QED) is 0.803. The molecule has 20 heavy (non-hydrogen) atoms. The number of urea groups is 1. The average molecular weight is 280 g/mol. The molecule has 1 aliphatic heterocycles. The third-order valence-electron chi connectivity index (χ3n) is 3.85. The van der Waals surface area contributed by atoms with E-state index in [9.17, 15) is 14.7 Å².